The molecule has 0 bridgehead atoms. The molecule has 2 amide bonds. The van der Waals surface area contributed by atoms with E-state index in [1.165, 1.54) is 4.90 Å². The van der Waals surface area contributed by atoms with Crippen molar-refractivity contribution in [2.75, 3.05) is 6.54 Å². The molecule has 4 heteroatoms. The SMILES string of the molecule is NC1(CN2C(=O)CCCCC2=O)CCC1. The topological polar surface area (TPSA) is 63.4 Å². The fraction of sp³-hybridized carbons (Fsp3) is 0.818. The van der Waals surface area contributed by atoms with E-state index in [9.17, 15) is 9.59 Å². The highest BCUT2D eigenvalue weighted by atomic mass is 16.2. The lowest BCUT2D eigenvalue weighted by Crippen LogP contribution is -2.57. The second kappa shape index (κ2) is 3.93. The van der Waals surface area contributed by atoms with E-state index in [4.69, 9.17) is 5.73 Å². The van der Waals surface area contributed by atoms with Gasteiger partial charge in [-0.25, -0.2) is 0 Å². The molecule has 0 aromatic rings. The molecule has 1 aliphatic carbocycles. The van der Waals surface area contributed by atoms with Crippen LogP contribution < -0.4 is 5.73 Å². The molecule has 1 aliphatic heterocycles. The lowest BCUT2D eigenvalue weighted by atomic mass is 9.77. The van der Waals surface area contributed by atoms with E-state index in [2.05, 4.69) is 0 Å². The molecule has 2 fully saturated rings. The summed E-state index contributed by atoms with van der Waals surface area (Å²) in [5.74, 6) is -0.0662. The van der Waals surface area contributed by atoms with E-state index >= 15 is 0 Å². The molecule has 0 atom stereocenters. The third kappa shape index (κ3) is 2.20. The van der Waals surface area contributed by atoms with Crippen LogP contribution in [0, 0.1) is 0 Å². The van der Waals surface area contributed by atoms with Crippen molar-refractivity contribution in [1.82, 2.24) is 4.90 Å². The van der Waals surface area contributed by atoms with Crippen LogP contribution in [-0.2, 0) is 9.59 Å². The third-order valence-corrected chi connectivity index (χ3v) is 3.46. The molecule has 1 heterocycles. The van der Waals surface area contributed by atoms with Crippen LogP contribution in [0.4, 0.5) is 0 Å². The molecule has 0 aromatic heterocycles. The fourth-order valence-electron chi connectivity index (χ4n) is 2.24. The summed E-state index contributed by atoms with van der Waals surface area (Å²) >= 11 is 0. The summed E-state index contributed by atoms with van der Waals surface area (Å²) in [6.07, 6.45) is 5.65. The van der Waals surface area contributed by atoms with Crippen molar-refractivity contribution in [3.8, 4) is 0 Å². The van der Waals surface area contributed by atoms with Crippen LogP contribution in [0.3, 0.4) is 0 Å². The van der Waals surface area contributed by atoms with Gasteiger partial charge in [-0.2, -0.15) is 0 Å². The zero-order valence-corrected chi connectivity index (χ0v) is 9.00. The second-order valence-electron chi connectivity index (χ2n) is 4.80. The van der Waals surface area contributed by atoms with Crippen molar-refractivity contribution < 1.29 is 9.59 Å². The first-order valence-corrected chi connectivity index (χ1v) is 5.73. The van der Waals surface area contributed by atoms with Crippen molar-refractivity contribution in [3.05, 3.63) is 0 Å². The van der Waals surface area contributed by atoms with Gasteiger partial charge in [-0.3, -0.25) is 14.5 Å². The molecule has 15 heavy (non-hydrogen) atoms. The van der Waals surface area contributed by atoms with E-state index < -0.39 is 0 Å². The van der Waals surface area contributed by atoms with Crippen molar-refractivity contribution >= 4 is 11.8 Å². The molecule has 0 unspecified atom stereocenters. The van der Waals surface area contributed by atoms with E-state index in [-0.39, 0.29) is 17.4 Å². The summed E-state index contributed by atoms with van der Waals surface area (Å²) in [5.41, 5.74) is 5.78. The van der Waals surface area contributed by atoms with Gasteiger partial charge in [0.15, 0.2) is 0 Å². The van der Waals surface area contributed by atoms with Crippen molar-refractivity contribution in [1.29, 1.82) is 0 Å². The molecular weight excluding hydrogens is 192 g/mol. The number of hydrogen-bond acceptors (Lipinski definition) is 3. The van der Waals surface area contributed by atoms with E-state index in [0.717, 1.165) is 32.1 Å². The highest BCUT2D eigenvalue weighted by Crippen LogP contribution is 2.30. The maximum Gasteiger partial charge on any atom is 0.229 e. The van der Waals surface area contributed by atoms with Gasteiger partial charge in [-0.05, 0) is 32.1 Å². The van der Waals surface area contributed by atoms with Crippen molar-refractivity contribution in [2.45, 2.75) is 50.5 Å². The normalized spacial score (nSPS) is 26.1. The smallest absolute Gasteiger partial charge is 0.229 e. The lowest BCUT2D eigenvalue weighted by molar-refractivity contribution is -0.145. The number of carbonyl (C=O) groups is 2. The molecule has 0 radical (unpaired) electrons. The number of nitrogens with two attached hydrogens (primary N) is 1. The summed E-state index contributed by atoms with van der Waals surface area (Å²) in [7, 11) is 0. The first kappa shape index (κ1) is 10.6. The lowest BCUT2D eigenvalue weighted by Gasteiger charge is -2.41. The van der Waals surface area contributed by atoms with Gasteiger partial charge >= 0.3 is 0 Å². The maximum atomic E-state index is 11.7. The number of imide groups is 1. The number of carbonyl (C=O) groups excluding carboxylic acids is 2. The molecule has 2 aliphatic rings. The summed E-state index contributed by atoms with van der Waals surface area (Å²) in [5, 5.41) is 0. The van der Waals surface area contributed by atoms with Gasteiger partial charge < -0.3 is 5.73 Å². The summed E-state index contributed by atoms with van der Waals surface area (Å²) in [6, 6.07) is 0. The van der Waals surface area contributed by atoms with Crippen LogP contribution in [-0.4, -0.2) is 28.8 Å². The third-order valence-electron chi connectivity index (χ3n) is 3.46. The number of hydrogen-bond donors (Lipinski definition) is 1. The summed E-state index contributed by atoms with van der Waals surface area (Å²) in [4.78, 5) is 24.8. The Labute approximate surface area is 89.8 Å². The minimum Gasteiger partial charge on any atom is -0.324 e. The van der Waals surface area contributed by atoms with Crippen molar-refractivity contribution in [2.24, 2.45) is 5.73 Å². The van der Waals surface area contributed by atoms with Crippen LogP contribution in [0.15, 0.2) is 0 Å². The highest BCUT2D eigenvalue weighted by Gasteiger charge is 2.37. The molecule has 1 saturated heterocycles. The zero-order valence-electron chi connectivity index (χ0n) is 9.00. The van der Waals surface area contributed by atoms with Gasteiger partial charge in [0.05, 0.1) is 0 Å². The molecule has 1 saturated carbocycles. The average molecular weight is 210 g/mol. The minimum absolute atomic E-state index is 0.0331. The van der Waals surface area contributed by atoms with Gasteiger partial charge in [0.1, 0.15) is 0 Å². The van der Waals surface area contributed by atoms with Gasteiger partial charge in [0.25, 0.3) is 0 Å². The summed E-state index contributed by atoms with van der Waals surface area (Å²) in [6.45, 7) is 0.435. The predicted octanol–water partition coefficient (Wildman–Crippen LogP) is 0.797. The Hall–Kier alpha value is -0.900. The first-order chi connectivity index (χ1) is 7.11. The Kier molecular flexibility index (Phi) is 2.78. The predicted molar refractivity (Wildman–Crippen MR) is 56.0 cm³/mol. The quantitative estimate of drug-likeness (QED) is 0.685. The largest absolute Gasteiger partial charge is 0.324 e. The Morgan fingerprint density at radius 3 is 2.00 bits per heavy atom. The highest BCUT2D eigenvalue weighted by molar-refractivity contribution is 5.96. The first-order valence-electron chi connectivity index (χ1n) is 5.73. The maximum absolute atomic E-state index is 11.7. The number of rotatable bonds is 2. The molecule has 0 aromatic carbocycles. The second-order valence-corrected chi connectivity index (χ2v) is 4.80. The van der Waals surface area contributed by atoms with E-state index in [1.807, 2.05) is 0 Å². The summed E-state index contributed by atoms with van der Waals surface area (Å²) < 4.78 is 0. The molecular formula is C11H18N2O2. The molecule has 2 N–H and O–H groups in total. The van der Waals surface area contributed by atoms with Gasteiger partial charge in [-0.15, -0.1) is 0 Å². The number of nitrogens with zero attached hydrogens (tertiary/aromatic N) is 1. The van der Waals surface area contributed by atoms with Crippen LogP contribution in [0.2, 0.25) is 0 Å². The Morgan fingerprint density at radius 2 is 1.60 bits per heavy atom. The standard InChI is InChI=1S/C11H18N2O2/c12-11(6-3-7-11)8-13-9(14)4-1-2-5-10(13)15/h1-8,12H2. The molecule has 4 nitrogen and oxygen atoms in total. The van der Waals surface area contributed by atoms with E-state index in [0.29, 0.717) is 19.4 Å². The van der Waals surface area contributed by atoms with Gasteiger partial charge in [-0.1, -0.05) is 0 Å². The number of likely N-dealkylation sites (tertiary alicyclic amines) is 1. The monoisotopic (exact) mass is 210 g/mol. The molecule has 2 rings (SSSR count). The Balaban J connectivity index is 2.03. The Bertz CT molecular complexity index is 266. The average Bonchev–Trinajstić information content (AvgIpc) is 2.30. The Morgan fingerprint density at radius 1 is 1.07 bits per heavy atom. The van der Waals surface area contributed by atoms with Gasteiger partial charge in [0, 0.05) is 24.9 Å². The van der Waals surface area contributed by atoms with Crippen LogP contribution in [0.25, 0.3) is 0 Å². The van der Waals surface area contributed by atoms with E-state index in [1.54, 1.807) is 0 Å². The van der Waals surface area contributed by atoms with Crippen LogP contribution >= 0.6 is 0 Å². The number of amides is 2. The van der Waals surface area contributed by atoms with Crippen LogP contribution in [0.5, 0.6) is 0 Å². The van der Waals surface area contributed by atoms with Crippen molar-refractivity contribution in [3.63, 3.8) is 0 Å². The zero-order chi connectivity index (χ0) is 10.9. The molecule has 84 valence electrons. The minimum atomic E-state index is -0.282. The fourth-order valence-corrected chi connectivity index (χ4v) is 2.24. The van der Waals surface area contributed by atoms with Crippen LogP contribution in [0.1, 0.15) is 44.9 Å². The molecule has 0 spiro atoms. The van der Waals surface area contributed by atoms with Gasteiger partial charge in [0.2, 0.25) is 11.8 Å².